The zero-order valence-corrected chi connectivity index (χ0v) is 20.8. The van der Waals surface area contributed by atoms with Crippen LogP contribution >= 0.6 is 0 Å². The van der Waals surface area contributed by atoms with Crippen molar-refractivity contribution in [3.05, 3.63) is 159 Å². The molecule has 0 aliphatic rings. The number of nitrogens with zero attached hydrogens (tertiary/aromatic N) is 2. The number of ether oxygens (including phenoxy) is 1. The molecule has 5 nitrogen and oxygen atoms in total. The van der Waals surface area contributed by atoms with Gasteiger partial charge in [0.15, 0.2) is 0 Å². The van der Waals surface area contributed by atoms with Crippen LogP contribution in [0, 0.1) is 12.7 Å². The highest BCUT2D eigenvalue weighted by Crippen LogP contribution is 2.36. The standard InChI is InChI=1S/C32H26FN3O2/c1-22-16-25(15-14-23-10-7-11-27(33)17-23)18-29(35-22)32(26-19-31(37)36-34-20-26)28-12-5-6-13-30(28)38-21-24-8-3-2-4-9-24/h2-20,32H,21H2,1H3,(H,36,37). The number of hydrogen-bond acceptors (Lipinski definition) is 4. The number of benzene rings is 3. The molecule has 0 aliphatic heterocycles. The van der Waals surface area contributed by atoms with Crippen molar-refractivity contribution in [1.82, 2.24) is 15.2 Å². The van der Waals surface area contributed by atoms with Crippen molar-refractivity contribution >= 4 is 12.2 Å². The van der Waals surface area contributed by atoms with Crippen molar-refractivity contribution in [2.75, 3.05) is 0 Å². The molecule has 1 atom stereocenters. The lowest BCUT2D eigenvalue weighted by Crippen LogP contribution is -2.14. The van der Waals surface area contributed by atoms with Gasteiger partial charge in [-0.15, -0.1) is 0 Å². The summed E-state index contributed by atoms with van der Waals surface area (Å²) in [6.45, 7) is 2.33. The van der Waals surface area contributed by atoms with E-state index in [1.165, 1.54) is 18.2 Å². The van der Waals surface area contributed by atoms with E-state index in [2.05, 4.69) is 10.2 Å². The normalized spacial score (nSPS) is 11.9. The van der Waals surface area contributed by atoms with Gasteiger partial charge in [-0.05, 0) is 59.5 Å². The number of H-pyrrole nitrogens is 1. The number of para-hydroxylation sites is 1. The minimum atomic E-state index is -0.405. The molecule has 2 aromatic heterocycles. The summed E-state index contributed by atoms with van der Waals surface area (Å²) in [5, 5.41) is 6.51. The first-order valence-corrected chi connectivity index (χ1v) is 12.3. The molecule has 5 rings (SSSR count). The van der Waals surface area contributed by atoms with E-state index < -0.39 is 5.92 Å². The Balaban J connectivity index is 1.57. The number of pyridine rings is 1. The molecule has 1 N–H and O–H groups in total. The Hall–Kier alpha value is -4.84. The van der Waals surface area contributed by atoms with Crippen LogP contribution in [0.3, 0.4) is 0 Å². The van der Waals surface area contributed by atoms with Crippen molar-refractivity contribution in [3.63, 3.8) is 0 Å². The van der Waals surface area contributed by atoms with Gasteiger partial charge in [0.1, 0.15) is 18.2 Å². The average Bonchev–Trinajstić information content (AvgIpc) is 2.92. The Morgan fingerprint density at radius 1 is 0.895 bits per heavy atom. The molecule has 5 aromatic rings. The Labute approximate surface area is 220 Å². The van der Waals surface area contributed by atoms with Crippen molar-refractivity contribution in [1.29, 1.82) is 0 Å². The monoisotopic (exact) mass is 503 g/mol. The molecule has 0 spiro atoms. The highest BCUT2D eigenvalue weighted by Gasteiger charge is 2.23. The van der Waals surface area contributed by atoms with Gasteiger partial charge in [-0.1, -0.05) is 72.8 Å². The molecule has 3 aromatic carbocycles. The van der Waals surface area contributed by atoms with Crippen LogP contribution in [0.25, 0.3) is 12.2 Å². The molecule has 0 aliphatic carbocycles. The van der Waals surface area contributed by atoms with Crippen LogP contribution in [0.5, 0.6) is 5.75 Å². The third kappa shape index (κ3) is 6.10. The van der Waals surface area contributed by atoms with Crippen molar-refractivity contribution in [3.8, 4) is 5.75 Å². The van der Waals surface area contributed by atoms with E-state index >= 15 is 0 Å². The van der Waals surface area contributed by atoms with Crippen LogP contribution in [0.2, 0.25) is 0 Å². The summed E-state index contributed by atoms with van der Waals surface area (Å²) in [5.74, 6) is 0.00695. The van der Waals surface area contributed by atoms with Gasteiger partial charge >= 0.3 is 0 Å². The van der Waals surface area contributed by atoms with Gasteiger partial charge in [0, 0.05) is 17.3 Å². The van der Waals surface area contributed by atoms with E-state index in [4.69, 9.17) is 9.72 Å². The second kappa shape index (κ2) is 11.5. The molecular weight excluding hydrogens is 477 g/mol. The zero-order chi connectivity index (χ0) is 26.3. The molecule has 0 bridgehead atoms. The summed E-state index contributed by atoms with van der Waals surface area (Å²) in [6, 6.07) is 29.6. The smallest absolute Gasteiger partial charge is 0.264 e. The van der Waals surface area contributed by atoms with E-state index in [1.54, 1.807) is 12.3 Å². The van der Waals surface area contributed by atoms with Crippen molar-refractivity contribution in [2.24, 2.45) is 0 Å². The van der Waals surface area contributed by atoms with Crippen LogP contribution in [-0.4, -0.2) is 15.2 Å². The van der Waals surface area contributed by atoms with Crippen LogP contribution in [0.4, 0.5) is 4.39 Å². The lowest BCUT2D eigenvalue weighted by molar-refractivity contribution is 0.302. The maximum Gasteiger partial charge on any atom is 0.264 e. The van der Waals surface area contributed by atoms with E-state index in [0.29, 0.717) is 17.9 Å². The molecule has 1 unspecified atom stereocenters. The predicted molar refractivity (Wildman–Crippen MR) is 147 cm³/mol. The second-order valence-electron chi connectivity index (χ2n) is 8.98. The van der Waals surface area contributed by atoms with Gasteiger partial charge in [0.25, 0.3) is 5.56 Å². The number of aromatic nitrogens is 3. The number of rotatable bonds is 8. The topological polar surface area (TPSA) is 67.9 Å². The van der Waals surface area contributed by atoms with Crippen molar-refractivity contribution in [2.45, 2.75) is 19.4 Å². The average molecular weight is 504 g/mol. The van der Waals surface area contributed by atoms with E-state index in [1.807, 2.05) is 91.9 Å². The molecule has 0 fully saturated rings. The lowest BCUT2D eigenvalue weighted by Gasteiger charge is -2.21. The molecule has 0 amide bonds. The fourth-order valence-corrected chi connectivity index (χ4v) is 4.41. The fraction of sp³-hybridized carbons (Fsp3) is 0.0938. The molecule has 0 saturated heterocycles. The largest absolute Gasteiger partial charge is 0.489 e. The highest BCUT2D eigenvalue weighted by molar-refractivity contribution is 5.70. The summed E-state index contributed by atoms with van der Waals surface area (Å²) in [6.07, 6.45) is 5.44. The number of aromatic amines is 1. The summed E-state index contributed by atoms with van der Waals surface area (Å²) in [5.41, 5.74) is 5.54. The van der Waals surface area contributed by atoms with Gasteiger partial charge in [-0.2, -0.15) is 5.10 Å². The van der Waals surface area contributed by atoms with Gasteiger partial charge in [0.05, 0.1) is 17.8 Å². The van der Waals surface area contributed by atoms with Gasteiger partial charge in [0.2, 0.25) is 0 Å². The zero-order valence-electron chi connectivity index (χ0n) is 20.8. The molecule has 0 saturated carbocycles. The highest BCUT2D eigenvalue weighted by atomic mass is 19.1. The maximum absolute atomic E-state index is 13.7. The van der Waals surface area contributed by atoms with Crippen LogP contribution < -0.4 is 10.3 Å². The quantitative estimate of drug-likeness (QED) is 0.261. The third-order valence-corrected chi connectivity index (χ3v) is 6.09. The van der Waals surface area contributed by atoms with Gasteiger partial charge in [-0.3, -0.25) is 9.78 Å². The van der Waals surface area contributed by atoms with Crippen LogP contribution in [-0.2, 0) is 6.61 Å². The van der Waals surface area contributed by atoms with E-state index in [9.17, 15) is 9.18 Å². The van der Waals surface area contributed by atoms with Crippen LogP contribution in [0.1, 0.15) is 45.1 Å². The number of hydrogen-bond donors (Lipinski definition) is 1. The first kappa shape index (κ1) is 24.8. The lowest BCUT2D eigenvalue weighted by atomic mass is 9.87. The Morgan fingerprint density at radius 3 is 2.50 bits per heavy atom. The van der Waals surface area contributed by atoms with Crippen molar-refractivity contribution < 1.29 is 9.13 Å². The molecule has 0 radical (unpaired) electrons. The minimum Gasteiger partial charge on any atom is -0.489 e. The SMILES string of the molecule is Cc1cc(C=Cc2cccc(F)c2)cc(C(c2cn[nH]c(=O)c2)c2ccccc2OCc2ccccc2)n1. The fourth-order valence-electron chi connectivity index (χ4n) is 4.41. The number of aryl methyl sites for hydroxylation is 1. The number of nitrogens with one attached hydrogen (secondary N) is 1. The first-order chi connectivity index (χ1) is 18.5. The second-order valence-corrected chi connectivity index (χ2v) is 8.98. The Bertz CT molecular complexity index is 1630. The van der Waals surface area contributed by atoms with E-state index in [0.717, 1.165) is 33.6 Å². The van der Waals surface area contributed by atoms with Gasteiger partial charge < -0.3 is 4.74 Å². The summed E-state index contributed by atoms with van der Waals surface area (Å²) >= 11 is 0. The third-order valence-electron chi connectivity index (χ3n) is 6.09. The maximum atomic E-state index is 13.7. The summed E-state index contributed by atoms with van der Waals surface area (Å²) in [4.78, 5) is 17.1. The molecule has 38 heavy (non-hydrogen) atoms. The molecule has 6 heteroatoms. The Morgan fingerprint density at radius 2 is 1.68 bits per heavy atom. The molecular formula is C32H26FN3O2. The minimum absolute atomic E-state index is 0.285. The molecule has 188 valence electrons. The predicted octanol–water partition coefficient (Wildman–Crippen LogP) is 6.54. The molecule has 2 heterocycles. The summed E-state index contributed by atoms with van der Waals surface area (Å²) in [7, 11) is 0. The summed E-state index contributed by atoms with van der Waals surface area (Å²) < 4.78 is 19.9. The van der Waals surface area contributed by atoms with Gasteiger partial charge in [-0.25, -0.2) is 9.49 Å². The first-order valence-electron chi connectivity index (χ1n) is 12.3. The number of halogens is 1. The Kier molecular flexibility index (Phi) is 7.50. The van der Waals surface area contributed by atoms with Crippen LogP contribution in [0.15, 0.2) is 108 Å². The van der Waals surface area contributed by atoms with E-state index in [-0.39, 0.29) is 11.4 Å².